The van der Waals surface area contributed by atoms with Crippen LogP contribution < -0.4 is 0 Å². The van der Waals surface area contributed by atoms with E-state index in [1.54, 1.807) is 0 Å². The van der Waals surface area contributed by atoms with Crippen LogP contribution in [0.15, 0.2) is 24.3 Å². The van der Waals surface area contributed by atoms with E-state index >= 15 is 0 Å². The summed E-state index contributed by atoms with van der Waals surface area (Å²) in [6.07, 6.45) is -0.806. The van der Waals surface area contributed by atoms with Crippen LogP contribution in [0.5, 0.6) is 0 Å². The van der Waals surface area contributed by atoms with Gasteiger partial charge in [-0.3, -0.25) is 0 Å². The van der Waals surface area contributed by atoms with Crippen molar-refractivity contribution in [1.29, 1.82) is 0 Å². The van der Waals surface area contributed by atoms with E-state index in [1.165, 1.54) is 0 Å². The minimum absolute atomic E-state index is 0.253. The molecule has 0 amide bonds. The quantitative estimate of drug-likeness (QED) is 0.636. The first-order valence-corrected chi connectivity index (χ1v) is 10.9. The summed E-state index contributed by atoms with van der Waals surface area (Å²) in [5, 5.41) is 18.6. The van der Waals surface area contributed by atoms with Gasteiger partial charge in [-0.25, -0.2) is 0 Å². The first kappa shape index (κ1) is 19.0. The van der Waals surface area contributed by atoms with E-state index in [4.69, 9.17) is 5.11 Å². The molecule has 2 nitrogen and oxygen atoms in total. The van der Waals surface area contributed by atoms with Gasteiger partial charge in [0.15, 0.2) is 0 Å². The molecule has 1 aromatic rings. The molecule has 1 atom stereocenters. The van der Waals surface area contributed by atoms with Crippen molar-refractivity contribution in [3.63, 3.8) is 0 Å². The van der Waals surface area contributed by atoms with Gasteiger partial charge in [0.1, 0.15) is 0 Å². The minimum atomic E-state index is -2.04. The Balaban J connectivity index is 3.13. The van der Waals surface area contributed by atoms with Crippen molar-refractivity contribution >= 4 is 8.07 Å². The van der Waals surface area contributed by atoms with Gasteiger partial charge in [0.25, 0.3) is 0 Å². The molecule has 3 heteroatoms. The molecule has 1 rings (SSSR count). The molecule has 2 N–H and O–H groups in total. The molecule has 0 aliphatic heterocycles. The summed E-state index contributed by atoms with van der Waals surface area (Å²) in [7, 11) is -2.04. The van der Waals surface area contributed by atoms with E-state index in [1.807, 2.05) is 24.3 Å². The monoisotopic (exact) mass is 319 g/mol. The first-order valence-electron chi connectivity index (χ1n) is 8.35. The van der Waals surface area contributed by atoms with Gasteiger partial charge in [0, 0.05) is 0 Å². The van der Waals surface area contributed by atoms with Crippen LogP contribution in [0.2, 0.25) is 16.6 Å². The number of aliphatic hydroxyl groups excluding tert-OH is 2. The van der Waals surface area contributed by atoms with Crippen LogP contribution in [0.3, 0.4) is 0 Å². The molecule has 0 spiro atoms. The van der Waals surface area contributed by atoms with Crippen molar-refractivity contribution in [2.75, 3.05) is 6.61 Å². The Bertz CT molecular complexity index is 499. The zero-order valence-electron chi connectivity index (χ0n) is 14.8. The Labute approximate surface area is 136 Å². The third-order valence-electron chi connectivity index (χ3n) is 5.24. The Morgan fingerprint density at radius 3 is 1.73 bits per heavy atom. The van der Waals surface area contributed by atoms with Crippen molar-refractivity contribution in [2.45, 2.75) is 64.3 Å². The number of benzene rings is 1. The molecule has 0 aliphatic rings. The van der Waals surface area contributed by atoms with Gasteiger partial charge in [-0.05, 0) is 0 Å². The second kappa shape index (κ2) is 7.96. The average Bonchev–Trinajstić information content (AvgIpc) is 2.46. The number of hydrogen-bond acceptors (Lipinski definition) is 2. The van der Waals surface area contributed by atoms with Crippen molar-refractivity contribution in [1.82, 2.24) is 0 Å². The summed E-state index contributed by atoms with van der Waals surface area (Å²) in [6.45, 7) is 13.7. The fourth-order valence-corrected chi connectivity index (χ4v) is 9.95. The molecule has 0 aliphatic carbocycles. The molecule has 1 unspecified atom stereocenters. The summed E-state index contributed by atoms with van der Waals surface area (Å²) >= 11 is 0. The zero-order chi connectivity index (χ0) is 16.9. The molecular formula is C19H31O2Si-. The summed E-state index contributed by atoms with van der Waals surface area (Å²) < 4.78 is 0. The SMILES string of the molecule is CC(C)[SiH-](C#Cc1ccc(C(O)CO)cc1)(C(C)C)C(C)C. The van der Waals surface area contributed by atoms with Gasteiger partial charge in [0.05, 0.1) is 0 Å². The molecule has 0 fully saturated rings. The summed E-state index contributed by atoms with van der Waals surface area (Å²) in [5.41, 5.74) is 7.38. The van der Waals surface area contributed by atoms with E-state index in [0.29, 0.717) is 16.6 Å². The molecule has 0 saturated carbocycles. The molecule has 0 radical (unpaired) electrons. The van der Waals surface area contributed by atoms with Crippen molar-refractivity contribution in [2.24, 2.45) is 0 Å². The molecular weight excluding hydrogens is 288 g/mol. The second-order valence-electron chi connectivity index (χ2n) is 7.40. The average molecular weight is 320 g/mol. The van der Waals surface area contributed by atoms with Crippen LogP contribution in [-0.4, -0.2) is 24.9 Å². The van der Waals surface area contributed by atoms with Gasteiger partial charge in [-0.2, -0.15) is 0 Å². The third kappa shape index (κ3) is 4.01. The second-order valence-corrected chi connectivity index (χ2v) is 13.8. The van der Waals surface area contributed by atoms with E-state index in [-0.39, 0.29) is 6.61 Å². The van der Waals surface area contributed by atoms with Crippen LogP contribution >= 0.6 is 0 Å². The summed E-state index contributed by atoms with van der Waals surface area (Å²) in [5.74, 6) is 3.39. The van der Waals surface area contributed by atoms with Gasteiger partial charge >= 0.3 is 136 Å². The fourth-order valence-electron chi connectivity index (χ4n) is 3.91. The maximum absolute atomic E-state index is 9.62. The molecule has 0 saturated heterocycles. The third-order valence-corrected chi connectivity index (χ3v) is 12.5. The first-order chi connectivity index (χ1) is 10.3. The molecule has 1 aromatic carbocycles. The number of rotatable bonds is 5. The van der Waals surface area contributed by atoms with E-state index < -0.39 is 14.2 Å². The van der Waals surface area contributed by atoms with E-state index in [2.05, 4.69) is 53.0 Å². The summed E-state index contributed by atoms with van der Waals surface area (Å²) in [6, 6.07) is 7.56. The van der Waals surface area contributed by atoms with Crippen LogP contribution in [0.4, 0.5) is 0 Å². The fraction of sp³-hybridized carbons (Fsp3) is 0.579. The number of hydrogen-bond donors (Lipinski definition) is 2. The molecule has 0 heterocycles. The Kier molecular flexibility index (Phi) is 6.86. The molecule has 0 aromatic heterocycles. The Morgan fingerprint density at radius 1 is 0.909 bits per heavy atom. The maximum atomic E-state index is 9.62. The van der Waals surface area contributed by atoms with Crippen LogP contribution in [0.25, 0.3) is 0 Å². The normalized spacial score (nSPS) is 14.1. The van der Waals surface area contributed by atoms with Gasteiger partial charge in [-0.1, -0.05) is 0 Å². The van der Waals surface area contributed by atoms with Crippen molar-refractivity contribution in [3.8, 4) is 11.5 Å². The molecule has 0 bridgehead atoms. The predicted molar refractivity (Wildman–Crippen MR) is 97.8 cm³/mol. The Morgan fingerprint density at radius 2 is 1.36 bits per heavy atom. The van der Waals surface area contributed by atoms with Gasteiger partial charge in [-0.15, -0.1) is 0 Å². The molecule has 22 heavy (non-hydrogen) atoms. The predicted octanol–water partition coefficient (Wildman–Crippen LogP) is 4.01. The van der Waals surface area contributed by atoms with Crippen molar-refractivity contribution < 1.29 is 10.2 Å². The standard InChI is InChI=1S/C19H31O2Si/c1-14(2)22(15(3)4,16(5)6)12-11-17-7-9-18(10-8-17)19(21)13-20/h7-10,14-16,19-22H,13H2,1-6H3/q-1. The van der Waals surface area contributed by atoms with Crippen LogP contribution in [-0.2, 0) is 0 Å². The summed E-state index contributed by atoms with van der Waals surface area (Å²) in [4.78, 5) is 0. The Hall–Kier alpha value is -1.08. The zero-order valence-corrected chi connectivity index (χ0v) is 16.0. The topological polar surface area (TPSA) is 40.5 Å². The van der Waals surface area contributed by atoms with Crippen molar-refractivity contribution in [3.05, 3.63) is 35.4 Å². The van der Waals surface area contributed by atoms with Gasteiger partial charge < -0.3 is 0 Å². The van der Waals surface area contributed by atoms with E-state index in [9.17, 15) is 5.11 Å². The van der Waals surface area contributed by atoms with Crippen LogP contribution in [0, 0.1) is 11.5 Å². The van der Waals surface area contributed by atoms with Gasteiger partial charge in [0.2, 0.25) is 0 Å². The van der Waals surface area contributed by atoms with Crippen LogP contribution in [0.1, 0.15) is 58.8 Å². The molecule has 124 valence electrons. The van der Waals surface area contributed by atoms with E-state index in [0.717, 1.165) is 11.1 Å². The number of aliphatic hydroxyl groups is 2.